The van der Waals surface area contributed by atoms with Gasteiger partial charge in [-0.1, -0.05) is 30.7 Å². The third kappa shape index (κ3) is 3.94. The molecule has 5 nitrogen and oxygen atoms in total. The SMILES string of the molecule is COc1cccc(N(C(=O)N(C)c2ccccc2)N2CCCCC2)c1. The number of hydrogen-bond donors (Lipinski definition) is 0. The van der Waals surface area contributed by atoms with Crippen LogP contribution in [-0.4, -0.2) is 38.3 Å². The quantitative estimate of drug-likeness (QED) is 0.839. The molecule has 0 N–H and O–H groups in total. The number of nitrogens with zero attached hydrogens (tertiary/aromatic N) is 3. The van der Waals surface area contributed by atoms with Gasteiger partial charge in [0.2, 0.25) is 0 Å². The molecule has 132 valence electrons. The zero-order valence-electron chi connectivity index (χ0n) is 14.9. The predicted molar refractivity (Wildman–Crippen MR) is 101 cm³/mol. The van der Waals surface area contributed by atoms with E-state index in [1.165, 1.54) is 6.42 Å². The van der Waals surface area contributed by atoms with E-state index in [1.54, 1.807) is 17.0 Å². The zero-order chi connectivity index (χ0) is 17.6. The molecule has 1 aliphatic heterocycles. The van der Waals surface area contributed by atoms with Crippen molar-refractivity contribution in [1.82, 2.24) is 5.01 Å². The monoisotopic (exact) mass is 339 g/mol. The molecule has 25 heavy (non-hydrogen) atoms. The van der Waals surface area contributed by atoms with Gasteiger partial charge in [-0.05, 0) is 37.1 Å². The first-order chi connectivity index (χ1) is 12.2. The summed E-state index contributed by atoms with van der Waals surface area (Å²) in [5, 5.41) is 3.93. The lowest BCUT2D eigenvalue weighted by molar-refractivity contribution is 0.196. The molecule has 1 fully saturated rings. The first-order valence-corrected chi connectivity index (χ1v) is 8.72. The number of rotatable bonds is 4. The zero-order valence-corrected chi connectivity index (χ0v) is 14.9. The second-order valence-corrected chi connectivity index (χ2v) is 6.20. The standard InChI is InChI=1S/C20H25N3O2/c1-21(17-10-5-3-6-11-17)20(24)23(22-14-7-4-8-15-22)18-12-9-13-19(16-18)25-2/h3,5-6,9-13,16H,4,7-8,14-15H2,1-2H3. The maximum absolute atomic E-state index is 13.3. The van der Waals surface area contributed by atoms with Crippen molar-refractivity contribution in [3.8, 4) is 5.75 Å². The summed E-state index contributed by atoms with van der Waals surface area (Å²) in [6.07, 6.45) is 3.41. The number of amides is 2. The Balaban J connectivity index is 1.93. The van der Waals surface area contributed by atoms with E-state index in [1.807, 2.05) is 61.6 Å². The van der Waals surface area contributed by atoms with Gasteiger partial charge >= 0.3 is 6.03 Å². The number of benzene rings is 2. The molecular weight excluding hydrogens is 314 g/mol. The molecule has 0 spiro atoms. The molecule has 0 saturated carbocycles. The van der Waals surface area contributed by atoms with Gasteiger partial charge in [-0.25, -0.2) is 14.8 Å². The molecule has 0 unspecified atom stereocenters. The number of carbonyl (C=O) groups is 1. The van der Waals surface area contributed by atoms with E-state index < -0.39 is 0 Å². The number of ether oxygens (including phenoxy) is 1. The Bertz CT molecular complexity index is 699. The van der Waals surface area contributed by atoms with Crippen LogP contribution in [0, 0.1) is 0 Å². The first kappa shape index (κ1) is 17.3. The van der Waals surface area contributed by atoms with Gasteiger partial charge in [0.25, 0.3) is 0 Å². The molecule has 0 radical (unpaired) electrons. The Morgan fingerprint density at radius 3 is 2.32 bits per heavy atom. The van der Waals surface area contributed by atoms with E-state index in [0.29, 0.717) is 0 Å². The third-order valence-electron chi connectivity index (χ3n) is 4.52. The average Bonchev–Trinajstić information content (AvgIpc) is 2.69. The second-order valence-electron chi connectivity index (χ2n) is 6.20. The molecule has 0 aliphatic carbocycles. The van der Waals surface area contributed by atoms with Crippen LogP contribution in [-0.2, 0) is 0 Å². The van der Waals surface area contributed by atoms with Gasteiger partial charge in [0.05, 0.1) is 12.8 Å². The Morgan fingerprint density at radius 2 is 1.64 bits per heavy atom. The lowest BCUT2D eigenvalue weighted by Crippen LogP contribution is -2.53. The minimum Gasteiger partial charge on any atom is -0.497 e. The molecule has 2 amide bonds. The van der Waals surface area contributed by atoms with Crippen molar-refractivity contribution in [3.05, 3.63) is 54.6 Å². The number of para-hydroxylation sites is 1. The van der Waals surface area contributed by atoms with Crippen LogP contribution >= 0.6 is 0 Å². The molecule has 2 aromatic rings. The van der Waals surface area contributed by atoms with Gasteiger partial charge in [0, 0.05) is 31.9 Å². The van der Waals surface area contributed by atoms with E-state index in [4.69, 9.17) is 4.74 Å². The Kier molecular flexibility index (Phi) is 5.56. The minimum absolute atomic E-state index is 0.0682. The van der Waals surface area contributed by atoms with Crippen LogP contribution in [0.1, 0.15) is 19.3 Å². The largest absolute Gasteiger partial charge is 0.497 e. The summed E-state index contributed by atoms with van der Waals surface area (Å²) in [5.41, 5.74) is 1.70. The van der Waals surface area contributed by atoms with E-state index in [0.717, 1.165) is 43.1 Å². The molecule has 0 atom stereocenters. The number of hydrogen-bond acceptors (Lipinski definition) is 3. The molecule has 0 bridgehead atoms. The fourth-order valence-corrected chi connectivity index (χ4v) is 3.12. The number of carbonyl (C=O) groups excluding carboxylic acids is 1. The van der Waals surface area contributed by atoms with Crippen molar-refractivity contribution in [3.63, 3.8) is 0 Å². The summed E-state index contributed by atoms with van der Waals surface area (Å²) in [7, 11) is 3.46. The average molecular weight is 339 g/mol. The molecule has 1 saturated heterocycles. The smallest absolute Gasteiger partial charge is 0.343 e. The number of methoxy groups -OCH3 is 1. The molecule has 1 heterocycles. The summed E-state index contributed by atoms with van der Waals surface area (Å²) < 4.78 is 5.35. The van der Waals surface area contributed by atoms with E-state index in [-0.39, 0.29) is 6.03 Å². The highest BCUT2D eigenvalue weighted by atomic mass is 16.5. The number of hydrazine groups is 1. The summed E-state index contributed by atoms with van der Waals surface area (Å²) in [5.74, 6) is 0.745. The molecule has 1 aliphatic rings. The first-order valence-electron chi connectivity index (χ1n) is 8.72. The highest BCUT2D eigenvalue weighted by Gasteiger charge is 2.28. The summed E-state index contributed by atoms with van der Waals surface area (Å²) in [6, 6.07) is 17.3. The number of anilines is 2. The molecule has 2 aromatic carbocycles. The van der Waals surface area contributed by atoms with Crippen molar-refractivity contribution in [2.75, 3.05) is 37.2 Å². The van der Waals surface area contributed by atoms with Crippen molar-refractivity contribution in [1.29, 1.82) is 0 Å². The summed E-state index contributed by atoms with van der Waals surface area (Å²) >= 11 is 0. The van der Waals surface area contributed by atoms with Crippen molar-refractivity contribution < 1.29 is 9.53 Å². The van der Waals surface area contributed by atoms with Crippen LogP contribution in [0.5, 0.6) is 5.75 Å². The lowest BCUT2D eigenvalue weighted by Gasteiger charge is -2.39. The van der Waals surface area contributed by atoms with Crippen LogP contribution < -0.4 is 14.6 Å². The molecule has 0 aromatic heterocycles. The molecule has 3 rings (SSSR count). The topological polar surface area (TPSA) is 36.0 Å². The van der Waals surface area contributed by atoms with Crippen molar-refractivity contribution >= 4 is 17.4 Å². The van der Waals surface area contributed by atoms with Crippen LogP contribution in [0.2, 0.25) is 0 Å². The van der Waals surface area contributed by atoms with Gasteiger partial charge in [-0.15, -0.1) is 0 Å². The fourth-order valence-electron chi connectivity index (χ4n) is 3.12. The molecule has 5 heteroatoms. The summed E-state index contributed by atoms with van der Waals surface area (Å²) in [6.45, 7) is 1.76. The number of urea groups is 1. The van der Waals surface area contributed by atoms with Crippen LogP contribution in [0.15, 0.2) is 54.6 Å². The van der Waals surface area contributed by atoms with Gasteiger partial charge in [-0.3, -0.25) is 4.90 Å². The van der Waals surface area contributed by atoms with Gasteiger partial charge < -0.3 is 4.74 Å². The highest BCUT2D eigenvalue weighted by Crippen LogP contribution is 2.26. The van der Waals surface area contributed by atoms with Gasteiger partial charge in [0.15, 0.2) is 0 Å². The van der Waals surface area contributed by atoms with Crippen LogP contribution in [0.25, 0.3) is 0 Å². The van der Waals surface area contributed by atoms with Gasteiger partial charge in [-0.2, -0.15) is 0 Å². The van der Waals surface area contributed by atoms with Crippen LogP contribution in [0.3, 0.4) is 0 Å². The minimum atomic E-state index is -0.0682. The lowest BCUT2D eigenvalue weighted by atomic mass is 10.1. The van der Waals surface area contributed by atoms with Crippen LogP contribution in [0.4, 0.5) is 16.2 Å². The van der Waals surface area contributed by atoms with Crippen molar-refractivity contribution in [2.24, 2.45) is 0 Å². The van der Waals surface area contributed by atoms with Gasteiger partial charge in [0.1, 0.15) is 5.75 Å². The molecular formula is C20H25N3O2. The maximum atomic E-state index is 13.3. The fraction of sp³-hybridized carbons (Fsp3) is 0.350. The van der Waals surface area contributed by atoms with E-state index in [9.17, 15) is 4.79 Å². The highest BCUT2D eigenvalue weighted by molar-refractivity contribution is 6.02. The predicted octanol–water partition coefficient (Wildman–Crippen LogP) is 4.16. The Labute approximate surface area is 149 Å². The summed E-state index contributed by atoms with van der Waals surface area (Å²) in [4.78, 5) is 15.0. The number of piperidine rings is 1. The van der Waals surface area contributed by atoms with E-state index in [2.05, 4.69) is 5.01 Å². The second kappa shape index (κ2) is 8.03. The Morgan fingerprint density at radius 1 is 0.960 bits per heavy atom. The maximum Gasteiger partial charge on any atom is 0.343 e. The van der Waals surface area contributed by atoms with E-state index >= 15 is 0 Å². The normalized spacial score (nSPS) is 14.8. The third-order valence-corrected chi connectivity index (χ3v) is 4.52. The Hall–Kier alpha value is -2.53. The van der Waals surface area contributed by atoms with Crippen molar-refractivity contribution in [2.45, 2.75) is 19.3 Å².